The lowest BCUT2D eigenvalue weighted by molar-refractivity contribution is -0.126. The second kappa shape index (κ2) is 11.5. The van der Waals surface area contributed by atoms with Gasteiger partial charge in [-0.05, 0) is 43.7 Å². The molecule has 0 bridgehead atoms. The monoisotopic (exact) mass is 456 g/mol. The Morgan fingerprint density at radius 1 is 1.30 bits per heavy atom. The van der Waals surface area contributed by atoms with Crippen molar-refractivity contribution in [1.29, 1.82) is 0 Å². The van der Waals surface area contributed by atoms with E-state index in [0.29, 0.717) is 31.7 Å². The quantitative estimate of drug-likeness (QED) is 0.348. The van der Waals surface area contributed by atoms with Crippen molar-refractivity contribution in [1.82, 2.24) is 15.2 Å². The Morgan fingerprint density at radius 3 is 2.73 bits per heavy atom. The summed E-state index contributed by atoms with van der Waals surface area (Å²) in [6, 6.07) is 1.71. The van der Waals surface area contributed by atoms with E-state index < -0.39 is 23.7 Å². The van der Waals surface area contributed by atoms with Crippen LogP contribution in [0.3, 0.4) is 0 Å². The van der Waals surface area contributed by atoms with E-state index in [1.807, 2.05) is 6.92 Å². The van der Waals surface area contributed by atoms with Gasteiger partial charge in [0.25, 0.3) is 5.56 Å². The molecule has 3 rings (SSSR count). The molecule has 33 heavy (non-hydrogen) atoms. The molecular weight excluding hydrogens is 424 g/mol. The summed E-state index contributed by atoms with van der Waals surface area (Å²) in [6.07, 6.45) is 11.6. The van der Waals surface area contributed by atoms with Crippen molar-refractivity contribution in [2.24, 2.45) is 11.8 Å². The summed E-state index contributed by atoms with van der Waals surface area (Å²) in [4.78, 5) is 50.2. The smallest absolute Gasteiger partial charge is 0.411 e. The SMILES string of the molecule is C#C[C@H](C[C@@H]1CCNC1=O)NC(=O)[C@H](CC1CC1)n1cccc(NC(=O)OCCCC)c1=O. The van der Waals surface area contributed by atoms with Gasteiger partial charge in [0, 0.05) is 18.7 Å². The maximum Gasteiger partial charge on any atom is 0.411 e. The predicted octanol–water partition coefficient (Wildman–Crippen LogP) is 2.18. The van der Waals surface area contributed by atoms with Crippen LogP contribution in [0.5, 0.6) is 0 Å². The second-order valence-electron chi connectivity index (χ2n) is 8.68. The standard InChI is InChI=1S/C24H32N4O5/c1-3-5-13-33-24(32)27-19-7-6-12-28(23(19)31)20(14-16-8-9-16)22(30)26-18(4-2)15-17-10-11-25-21(17)29/h2,6-7,12,16-18,20H,3,5,8-11,13-15H2,1H3,(H,25,29)(H,26,30)(H,27,32)/t17-,18+,20-/m0/s1. The normalized spacial score (nSPS) is 19.2. The summed E-state index contributed by atoms with van der Waals surface area (Å²) in [6.45, 7) is 2.85. The summed E-state index contributed by atoms with van der Waals surface area (Å²) in [5.74, 6) is 2.26. The molecule has 2 heterocycles. The molecule has 0 aromatic carbocycles. The van der Waals surface area contributed by atoms with Gasteiger partial charge in [0.1, 0.15) is 11.7 Å². The van der Waals surface area contributed by atoms with Gasteiger partial charge in [0.15, 0.2) is 0 Å². The molecule has 3 atom stereocenters. The van der Waals surface area contributed by atoms with Crippen LogP contribution in [0.25, 0.3) is 0 Å². The van der Waals surface area contributed by atoms with Gasteiger partial charge in [-0.15, -0.1) is 6.42 Å². The van der Waals surface area contributed by atoms with E-state index in [1.54, 1.807) is 6.07 Å². The van der Waals surface area contributed by atoms with Crippen molar-refractivity contribution >= 4 is 23.6 Å². The molecule has 1 aromatic heterocycles. The van der Waals surface area contributed by atoms with Crippen LogP contribution in [-0.2, 0) is 14.3 Å². The highest BCUT2D eigenvalue weighted by Crippen LogP contribution is 2.36. The van der Waals surface area contributed by atoms with Crippen molar-refractivity contribution in [2.45, 2.75) is 64.0 Å². The van der Waals surface area contributed by atoms with Crippen LogP contribution in [-0.4, -0.2) is 41.7 Å². The number of pyridine rings is 1. The molecule has 0 spiro atoms. The van der Waals surface area contributed by atoms with Gasteiger partial charge >= 0.3 is 6.09 Å². The number of rotatable bonds is 11. The van der Waals surface area contributed by atoms with Gasteiger partial charge in [0.2, 0.25) is 11.8 Å². The lowest BCUT2D eigenvalue weighted by Gasteiger charge is -2.23. The summed E-state index contributed by atoms with van der Waals surface area (Å²) >= 11 is 0. The van der Waals surface area contributed by atoms with Crippen molar-refractivity contribution in [3.63, 3.8) is 0 Å². The van der Waals surface area contributed by atoms with Crippen LogP contribution in [0.2, 0.25) is 0 Å². The minimum atomic E-state index is -0.767. The topological polar surface area (TPSA) is 119 Å². The zero-order chi connectivity index (χ0) is 23.8. The third kappa shape index (κ3) is 6.85. The van der Waals surface area contributed by atoms with Gasteiger partial charge in [0.05, 0.1) is 12.6 Å². The molecule has 9 nitrogen and oxygen atoms in total. The van der Waals surface area contributed by atoms with Crippen molar-refractivity contribution in [3.05, 3.63) is 28.7 Å². The molecule has 1 aliphatic carbocycles. The van der Waals surface area contributed by atoms with Crippen molar-refractivity contribution in [3.8, 4) is 12.3 Å². The number of aromatic nitrogens is 1. The molecule has 0 unspecified atom stereocenters. The Morgan fingerprint density at radius 2 is 2.09 bits per heavy atom. The maximum atomic E-state index is 13.2. The average Bonchev–Trinajstić information content (AvgIpc) is 3.53. The molecule has 1 aromatic rings. The molecule has 9 heteroatoms. The number of amides is 3. The van der Waals surface area contributed by atoms with Gasteiger partial charge in [-0.25, -0.2) is 4.79 Å². The average molecular weight is 457 g/mol. The molecule has 1 saturated heterocycles. The molecule has 3 amide bonds. The number of carbonyl (C=O) groups excluding carboxylic acids is 3. The summed E-state index contributed by atoms with van der Waals surface area (Å²) in [7, 11) is 0. The number of hydrogen-bond acceptors (Lipinski definition) is 5. The Bertz CT molecular complexity index is 962. The number of nitrogens with zero attached hydrogens (tertiary/aromatic N) is 1. The van der Waals surface area contributed by atoms with E-state index in [0.717, 1.165) is 25.7 Å². The zero-order valence-electron chi connectivity index (χ0n) is 19.0. The van der Waals surface area contributed by atoms with Crippen LogP contribution in [0.15, 0.2) is 23.1 Å². The maximum absolute atomic E-state index is 13.2. The molecule has 178 valence electrons. The van der Waals surface area contributed by atoms with Gasteiger partial charge in [-0.2, -0.15) is 0 Å². The number of anilines is 1. The number of terminal acetylenes is 1. The minimum Gasteiger partial charge on any atom is -0.449 e. The minimum absolute atomic E-state index is 0.0451. The van der Waals surface area contributed by atoms with E-state index in [-0.39, 0.29) is 30.0 Å². The highest BCUT2D eigenvalue weighted by atomic mass is 16.5. The third-order valence-electron chi connectivity index (χ3n) is 6.03. The third-order valence-corrected chi connectivity index (χ3v) is 6.03. The fourth-order valence-electron chi connectivity index (χ4n) is 3.91. The van der Waals surface area contributed by atoms with Gasteiger partial charge in [-0.1, -0.05) is 32.1 Å². The molecular formula is C24H32N4O5. The van der Waals surface area contributed by atoms with Crippen molar-refractivity contribution < 1.29 is 19.1 Å². The molecule has 2 fully saturated rings. The number of ether oxygens (including phenoxy) is 1. The van der Waals surface area contributed by atoms with Crippen molar-refractivity contribution in [2.75, 3.05) is 18.5 Å². The number of carbonyl (C=O) groups is 3. The van der Waals surface area contributed by atoms with E-state index in [1.165, 1.54) is 16.8 Å². The Hall–Kier alpha value is -3.28. The first-order valence-corrected chi connectivity index (χ1v) is 11.6. The first kappa shape index (κ1) is 24.4. The largest absolute Gasteiger partial charge is 0.449 e. The fraction of sp³-hybridized carbons (Fsp3) is 0.583. The van der Waals surface area contributed by atoms with Crippen LogP contribution < -0.4 is 21.5 Å². The first-order chi connectivity index (χ1) is 15.9. The molecule has 3 N–H and O–H groups in total. The van der Waals surface area contributed by atoms with Crippen LogP contribution >= 0.6 is 0 Å². The molecule has 1 saturated carbocycles. The Balaban J connectivity index is 1.73. The van der Waals surface area contributed by atoms with Crippen LogP contribution in [0.1, 0.15) is 57.9 Å². The number of hydrogen-bond donors (Lipinski definition) is 3. The highest BCUT2D eigenvalue weighted by Gasteiger charge is 2.33. The van der Waals surface area contributed by atoms with Crippen LogP contribution in [0, 0.1) is 24.2 Å². The molecule has 0 radical (unpaired) electrons. The Kier molecular flexibility index (Phi) is 8.52. The van der Waals surface area contributed by atoms with E-state index >= 15 is 0 Å². The fourth-order valence-corrected chi connectivity index (χ4v) is 3.91. The second-order valence-corrected chi connectivity index (χ2v) is 8.68. The molecule has 2 aliphatic rings. The number of nitrogens with one attached hydrogen (secondary N) is 3. The summed E-state index contributed by atoms with van der Waals surface area (Å²) in [5, 5.41) is 8.09. The summed E-state index contributed by atoms with van der Waals surface area (Å²) < 4.78 is 6.41. The van der Waals surface area contributed by atoms with Gasteiger partial charge < -0.3 is 19.9 Å². The van der Waals surface area contributed by atoms with E-state index in [2.05, 4.69) is 21.9 Å². The predicted molar refractivity (Wildman–Crippen MR) is 123 cm³/mol. The zero-order valence-corrected chi connectivity index (χ0v) is 19.0. The summed E-state index contributed by atoms with van der Waals surface area (Å²) in [5.41, 5.74) is -0.443. The van der Waals surface area contributed by atoms with Gasteiger partial charge in [-0.3, -0.25) is 19.7 Å². The lowest BCUT2D eigenvalue weighted by Crippen LogP contribution is -2.43. The van der Waals surface area contributed by atoms with Crippen LogP contribution in [0.4, 0.5) is 10.5 Å². The highest BCUT2D eigenvalue weighted by molar-refractivity contribution is 5.85. The number of unbranched alkanes of at least 4 members (excludes halogenated alkanes) is 1. The lowest BCUT2D eigenvalue weighted by atomic mass is 9.98. The first-order valence-electron chi connectivity index (χ1n) is 11.6. The van der Waals surface area contributed by atoms with E-state index in [9.17, 15) is 19.2 Å². The van der Waals surface area contributed by atoms with E-state index in [4.69, 9.17) is 11.2 Å². The molecule has 1 aliphatic heterocycles. The Labute approximate surface area is 193 Å².